The second-order valence-corrected chi connectivity index (χ2v) is 4.97. The molecule has 5 nitrogen and oxygen atoms in total. The maximum absolute atomic E-state index is 10.7. The standard InChI is InChI=1S/C12H17ClN2O3/c1-12(2,18-3)6-7-14-9-4-5-10(13)11(8-9)15(16)17/h4-5,8,14H,6-7H2,1-3H3. The molecule has 6 heteroatoms. The summed E-state index contributed by atoms with van der Waals surface area (Å²) in [6.45, 7) is 4.64. The van der Waals surface area contributed by atoms with E-state index in [0.717, 1.165) is 6.42 Å². The van der Waals surface area contributed by atoms with E-state index in [1.165, 1.54) is 12.1 Å². The van der Waals surface area contributed by atoms with Crippen LogP contribution in [0.5, 0.6) is 0 Å². The number of rotatable bonds is 6. The first-order chi connectivity index (χ1) is 8.35. The van der Waals surface area contributed by atoms with Crippen LogP contribution in [0.15, 0.2) is 18.2 Å². The van der Waals surface area contributed by atoms with E-state index >= 15 is 0 Å². The van der Waals surface area contributed by atoms with E-state index in [1.54, 1.807) is 13.2 Å². The SMILES string of the molecule is COC(C)(C)CCNc1ccc(Cl)c([N+](=O)[O-])c1. The molecule has 0 aliphatic rings. The predicted molar refractivity (Wildman–Crippen MR) is 72.3 cm³/mol. The van der Waals surface area contributed by atoms with Gasteiger partial charge in [0, 0.05) is 25.4 Å². The molecule has 0 saturated carbocycles. The lowest BCUT2D eigenvalue weighted by Crippen LogP contribution is -2.25. The van der Waals surface area contributed by atoms with E-state index in [2.05, 4.69) is 5.32 Å². The summed E-state index contributed by atoms with van der Waals surface area (Å²) in [7, 11) is 1.66. The topological polar surface area (TPSA) is 64.4 Å². The van der Waals surface area contributed by atoms with Crippen LogP contribution in [0, 0.1) is 10.1 Å². The van der Waals surface area contributed by atoms with E-state index in [9.17, 15) is 10.1 Å². The lowest BCUT2D eigenvalue weighted by atomic mass is 10.1. The monoisotopic (exact) mass is 272 g/mol. The fourth-order valence-corrected chi connectivity index (χ4v) is 1.56. The Bertz CT molecular complexity index is 435. The van der Waals surface area contributed by atoms with Crippen LogP contribution < -0.4 is 5.32 Å². The molecule has 0 heterocycles. The van der Waals surface area contributed by atoms with Crippen molar-refractivity contribution < 1.29 is 9.66 Å². The fourth-order valence-electron chi connectivity index (χ4n) is 1.37. The van der Waals surface area contributed by atoms with Gasteiger partial charge in [0.1, 0.15) is 5.02 Å². The average molecular weight is 273 g/mol. The lowest BCUT2D eigenvalue weighted by molar-refractivity contribution is -0.384. The molecule has 0 spiro atoms. The van der Waals surface area contributed by atoms with Gasteiger partial charge in [0.25, 0.3) is 5.69 Å². The summed E-state index contributed by atoms with van der Waals surface area (Å²) >= 11 is 5.73. The molecular formula is C12H17ClN2O3. The molecule has 1 aromatic rings. The van der Waals surface area contributed by atoms with E-state index in [0.29, 0.717) is 12.2 Å². The number of nitro groups is 1. The van der Waals surface area contributed by atoms with Crippen LogP contribution in [0.2, 0.25) is 5.02 Å². The highest BCUT2D eigenvalue weighted by Gasteiger charge is 2.16. The molecule has 0 amide bonds. The van der Waals surface area contributed by atoms with Crippen molar-refractivity contribution in [3.8, 4) is 0 Å². The molecule has 0 atom stereocenters. The summed E-state index contributed by atoms with van der Waals surface area (Å²) in [5, 5.41) is 14.0. The van der Waals surface area contributed by atoms with Gasteiger partial charge in [0.2, 0.25) is 0 Å². The van der Waals surface area contributed by atoms with Crippen LogP contribution in [0.1, 0.15) is 20.3 Å². The third kappa shape index (κ3) is 4.16. The Morgan fingerprint density at radius 3 is 2.72 bits per heavy atom. The van der Waals surface area contributed by atoms with Gasteiger partial charge in [0.15, 0.2) is 0 Å². The number of hydrogen-bond donors (Lipinski definition) is 1. The second-order valence-electron chi connectivity index (χ2n) is 4.56. The van der Waals surface area contributed by atoms with Crippen molar-refractivity contribution in [2.45, 2.75) is 25.9 Å². The molecule has 0 aliphatic heterocycles. The summed E-state index contributed by atoms with van der Waals surface area (Å²) in [5.74, 6) is 0. The zero-order valence-electron chi connectivity index (χ0n) is 10.7. The third-order valence-corrected chi connectivity index (χ3v) is 3.07. The average Bonchev–Trinajstić information content (AvgIpc) is 2.31. The first kappa shape index (κ1) is 14.7. The number of nitrogens with one attached hydrogen (secondary N) is 1. The summed E-state index contributed by atoms with van der Waals surface area (Å²) in [6.07, 6.45) is 0.792. The first-order valence-electron chi connectivity index (χ1n) is 5.59. The summed E-state index contributed by atoms with van der Waals surface area (Å²) < 4.78 is 5.29. The molecule has 0 aromatic heterocycles. The van der Waals surface area contributed by atoms with Crippen molar-refractivity contribution in [1.82, 2.24) is 0 Å². The minimum absolute atomic E-state index is 0.0901. The highest BCUT2D eigenvalue weighted by molar-refractivity contribution is 6.32. The molecule has 18 heavy (non-hydrogen) atoms. The van der Waals surface area contributed by atoms with E-state index in [4.69, 9.17) is 16.3 Å². The van der Waals surface area contributed by atoms with Crippen LogP contribution in [0.25, 0.3) is 0 Å². The fraction of sp³-hybridized carbons (Fsp3) is 0.500. The first-order valence-corrected chi connectivity index (χ1v) is 5.96. The second kappa shape index (κ2) is 6.02. The largest absolute Gasteiger partial charge is 0.385 e. The van der Waals surface area contributed by atoms with Crippen molar-refractivity contribution in [1.29, 1.82) is 0 Å². The molecular weight excluding hydrogens is 256 g/mol. The Labute approximate surface area is 111 Å². The maximum atomic E-state index is 10.7. The zero-order valence-corrected chi connectivity index (χ0v) is 11.5. The lowest BCUT2D eigenvalue weighted by Gasteiger charge is -2.23. The summed E-state index contributed by atoms with van der Waals surface area (Å²) in [4.78, 5) is 10.2. The number of nitrogens with zero attached hydrogens (tertiary/aromatic N) is 1. The summed E-state index contributed by atoms with van der Waals surface area (Å²) in [6, 6.07) is 4.67. The number of benzene rings is 1. The summed E-state index contributed by atoms with van der Waals surface area (Å²) in [5.41, 5.74) is 0.372. The Hall–Kier alpha value is -1.33. The highest BCUT2D eigenvalue weighted by atomic mass is 35.5. The number of nitro benzene ring substituents is 1. The number of anilines is 1. The molecule has 0 saturated heterocycles. The molecule has 0 aliphatic carbocycles. The van der Waals surface area contributed by atoms with Gasteiger partial charge >= 0.3 is 0 Å². The number of hydrogen-bond acceptors (Lipinski definition) is 4. The minimum Gasteiger partial charge on any atom is -0.385 e. The molecule has 0 radical (unpaired) electrons. The number of ether oxygens (including phenoxy) is 1. The van der Waals surface area contributed by atoms with E-state index in [-0.39, 0.29) is 16.3 Å². The minimum atomic E-state index is -0.493. The molecule has 0 fully saturated rings. The Kier molecular flexibility index (Phi) is 4.93. The smallest absolute Gasteiger partial charge is 0.289 e. The van der Waals surface area contributed by atoms with Crippen LogP contribution in [-0.2, 0) is 4.74 Å². The molecule has 0 unspecified atom stereocenters. The van der Waals surface area contributed by atoms with Crippen molar-refractivity contribution in [2.24, 2.45) is 0 Å². The molecule has 1 aromatic carbocycles. The van der Waals surface area contributed by atoms with Gasteiger partial charge in [0.05, 0.1) is 10.5 Å². The van der Waals surface area contributed by atoms with Gasteiger partial charge in [-0.2, -0.15) is 0 Å². The van der Waals surface area contributed by atoms with Crippen LogP contribution in [0.3, 0.4) is 0 Å². The van der Waals surface area contributed by atoms with E-state index in [1.807, 2.05) is 13.8 Å². The Morgan fingerprint density at radius 2 is 2.17 bits per heavy atom. The van der Waals surface area contributed by atoms with Gasteiger partial charge in [-0.25, -0.2) is 0 Å². The Balaban J connectivity index is 2.64. The normalized spacial score (nSPS) is 11.3. The zero-order chi connectivity index (χ0) is 13.8. The Morgan fingerprint density at radius 1 is 1.50 bits per heavy atom. The molecule has 100 valence electrons. The van der Waals surface area contributed by atoms with Gasteiger partial charge in [-0.1, -0.05) is 11.6 Å². The molecule has 1 N–H and O–H groups in total. The number of halogens is 1. The third-order valence-electron chi connectivity index (χ3n) is 2.75. The highest BCUT2D eigenvalue weighted by Crippen LogP contribution is 2.27. The molecule has 1 rings (SSSR count). The van der Waals surface area contributed by atoms with Crippen LogP contribution in [0.4, 0.5) is 11.4 Å². The quantitative estimate of drug-likeness (QED) is 0.636. The maximum Gasteiger partial charge on any atom is 0.289 e. The van der Waals surface area contributed by atoms with Gasteiger partial charge in [-0.15, -0.1) is 0 Å². The number of methoxy groups -OCH3 is 1. The van der Waals surface area contributed by atoms with Crippen molar-refractivity contribution >= 4 is 23.0 Å². The van der Waals surface area contributed by atoms with Crippen molar-refractivity contribution in [3.05, 3.63) is 33.3 Å². The van der Waals surface area contributed by atoms with Gasteiger partial charge in [-0.3, -0.25) is 10.1 Å². The van der Waals surface area contributed by atoms with Crippen molar-refractivity contribution in [2.75, 3.05) is 19.0 Å². The molecule has 0 bridgehead atoms. The van der Waals surface area contributed by atoms with Crippen LogP contribution >= 0.6 is 11.6 Å². The van der Waals surface area contributed by atoms with Gasteiger partial charge < -0.3 is 10.1 Å². The van der Waals surface area contributed by atoms with Gasteiger partial charge in [-0.05, 0) is 32.4 Å². The van der Waals surface area contributed by atoms with E-state index < -0.39 is 4.92 Å². The van der Waals surface area contributed by atoms with Crippen LogP contribution in [-0.4, -0.2) is 24.2 Å². The predicted octanol–water partition coefficient (Wildman–Crippen LogP) is 3.48. The van der Waals surface area contributed by atoms with Crippen molar-refractivity contribution in [3.63, 3.8) is 0 Å².